The maximum Gasteiger partial charge on any atom is 0.223 e. The summed E-state index contributed by atoms with van der Waals surface area (Å²) in [4.78, 5) is 11.5. The number of amides is 1. The molecule has 2 nitrogen and oxygen atoms in total. The fraction of sp³-hybridized carbons (Fsp3) is 0.900. The zero-order valence-electron chi connectivity index (χ0n) is 7.68. The lowest BCUT2D eigenvalue weighted by Crippen LogP contribution is -2.48. The van der Waals surface area contributed by atoms with Crippen LogP contribution in [0.5, 0.6) is 0 Å². The number of carbonyl (C=O) groups is 1. The van der Waals surface area contributed by atoms with Gasteiger partial charge < -0.3 is 5.32 Å². The average Bonchev–Trinajstić information content (AvgIpc) is 2.12. The van der Waals surface area contributed by atoms with E-state index in [1.54, 1.807) is 0 Å². The Labute approximate surface area is 73.7 Å². The van der Waals surface area contributed by atoms with Crippen LogP contribution in [0.2, 0.25) is 0 Å². The first-order chi connectivity index (χ1) is 5.79. The predicted octanol–water partition coefficient (Wildman–Crippen LogP) is 1.56. The van der Waals surface area contributed by atoms with Gasteiger partial charge in [-0.3, -0.25) is 4.79 Å². The van der Waals surface area contributed by atoms with Gasteiger partial charge in [0.25, 0.3) is 0 Å². The molecular formula is C10H17NO. The second kappa shape index (κ2) is 3.08. The van der Waals surface area contributed by atoms with Gasteiger partial charge in [-0.2, -0.15) is 0 Å². The third kappa shape index (κ3) is 1.23. The van der Waals surface area contributed by atoms with E-state index in [1.165, 1.54) is 19.3 Å². The number of hydrogen-bond acceptors (Lipinski definition) is 1. The van der Waals surface area contributed by atoms with Crippen molar-refractivity contribution in [3.63, 3.8) is 0 Å². The van der Waals surface area contributed by atoms with Gasteiger partial charge in [-0.25, -0.2) is 0 Å². The summed E-state index contributed by atoms with van der Waals surface area (Å²) in [6.45, 7) is 3.17. The van der Waals surface area contributed by atoms with E-state index in [0.29, 0.717) is 23.7 Å². The molecule has 1 heterocycles. The smallest absolute Gasteiger partial charge is 0.223 e. The second-order valence-corrected chi connectivity index (χ2v) is 4.28. The Morgan fingerprint density at radius 3 is 2.83 bits per heavy atom. The van der Waals surface area contributed by atoms with Crippen molar-refractivity contribution < 1.29 is 4.79 Å². The minimum Gasteiger partial charge on any atom is -0.356 e. The van der Waals surface area contributed by atoms with Gasteiger partial charge in [-0.1, -0.05) is 19.8 Å². The molecule has 3 atom stereocenters. The lowest BCUT2D eigenvalue weighted by Gasteiger charge is -2.39. The van der Waals surface area contributed by atoms with Crippen molar-refractivity contribution in [2.75, 3.05) is 6.54 Å². The van der Waals surface area contributed by atoms with Gasteiger partial charge >= 0.3 is 0 Å². The van der Waals surface area contributed by atoms with E-state index in [-0.39, 0.29) is 0 Å². The Bertz CT molecular complexity index is 190. The SMILES string of the molecule is CC1CNC(=O)C2CCCCC12. The third-order valence-electron chi connectivity index (χ3n) is 3.49. The van der Waals surface area contributed by atoms with E-state index in [0.717, 1.165) is 13.0 Å². The molecule has 1 aliphatic heterocycles. The van der Waals surface area contributed by atoms with Gasteiger partial charge in [0.2, 0.25) is 5.91 Å². The van der Waals surface area contributed by atoms with E-state index in [4.69, 9.17) is 0 Å². The lowest BCUT2D eigenvalue weighted by molar-refractivity contribution is -0.131. The fourth-order valence-corrected chi connectivity index (χ4v) is 2.71. The molecular weight excluding hydrogens is 150 g/mol. The molecule has 0 radical (unpaired) electrons. The van der Waals surface area contributed by atoms with Crippen LogP contribution in [0.3, 0.4) is 0 Å². The largest absolute Gasteiger partial charge is 0.356 e. The number of rotatable bonds is 0. The first-order valence-corrected chi connectivity index (χ1v) is 5.07. The van der Waals surface area contributed by atoms with Crippen molar-refractivity contribution in [3.8, 4) is 0 Å². The molecule has 2 rings (SSSR count). The van der Waals surface area contributed by atoms with E-state index in [1.807, 2.05) is 0 Å². The van der Waals surface area contributed by atoms with Gasteiger partial charge in [0.15, 0.2) is 0 Å². The molecule has 2 fully saturated rings. The molecule has 2 heteroatoms. The highest BCUT2D eigenvalue weighted by Gasteiger charge is 2.37. The van der Waals surface area contributed by atoms with E-state index >= 15 is 0 Å². The highest BCUT2D eigenvalue weighted by molar-refractivity contribution is 5.79. The molecule has 3 unspecified atom stereocenters. The first kappa shape index (κ1) is 8.09. The van der Waals surface area contributed by atoms with Crippen molar-refractivity contribution in [3.05, 3.63) is 0 Å². The molecule has 1 aliphatic carbocycles. The van der Waals surface area contributed by atoms with Gasteiger partial charge in [0.1, 0.15) is 0 Å². The van der Waals surface area contributed by atoms with Crippen LogP contribution in [0.1, 0.15) is 32.6 Å². The second-order valence-electron chi connectivity index (χ2n) is 4.28. The highest BCUT2D eigenvalue weighted by Crippen LogP contribution is 2.37. The molecule has 1 saturated carbocycles. The maximum absolute atomic E-state index is 11.5. The van der Waals surface area contributed by atoms with Crippen LogP contribution < -0.4 is 5.32 Å². The van der Waals surface area contributed by atoms with E-state index < -0.39 is 0 Å². The zero-order chi connectivity index (χ0) is 8.55. The predicted molar refractivity (Wildman–Crippen MR) is 47.6 cm³/mol. The lowest BCUT2D eigenvalue weighted by atomic mass is 9.70. The standard InChI is InChI=1S/C10H17NO/c1-7-6-11-10(12)9-5-3-2-4-8(7)9/h7-9H,2-6H2,1H3,(H,11,12). The van der Waals surface area contributed by atoms with Crippen LogP contribution in [-0.2, 0) is 4.79 Å². The van der Waals surface area contributed by atoms with Crippen molar-refractivity contribution in [1.82, 2.24) is 5.32 Å². The zero-order valence-corrected chi connectivity index (χ0v) is 7.68. The summed E-state index contributed by atoms with van der Waals surface area (Å²) in [5.74, 6) is 2.06. The van der Waals surface area contributed by atoms with Crippen LogP contribution in [0.25, 0.3) is 0 Å². The van der Waals surface area contributed by atoms with E-state index in [2.05, 4.69) is 12.2 Å². The molecule has 2 aliphatic rings. The summed E-state index contributed by atoms with van der Waals surface area (Å²) in [6.07, 6.45) is 4.99. The van der Waals surface area contributed by atoms with Gasteiger partial charge in [0.05, 0.1) is 0 Å². The third-order valence-corrected chi connectivity index (χ3v) is 3.49. The Hall–Kier alpha value is -0.530. The monoisotopic (exact) mass is 167 g/mol. The van der Waals surface area contributed by atoms with Crippen LogP contribution in [-0.4, -0.2) is 12.5 Å². The number of carbonyl (C=O) groups excluding carboxylic acids is 1. The Morgan fingerprint density at radius 2 is 2.08 bits per heavy atom. The number of fused-ring (bicyclic) bond motifs is 1. The van der Waals surface area contributed by atoms with Crippen molar-refractivity contribution in [1.29, 1.82) is 0 Å². The van der Waals surface area contributed by atoms with Gasteiger partial charge in [0, 0.05) is 12.5 Å². The molecule has 0 aromatic rings. The quantitative estimate of drug-likeness (QED) is 0.583. The molecule has 1 amide bonds. The molecule has 68 valence electrons. The van der Waals surface area contributed by atoms with Crippen LogP contribution in [0.4, 0.5) is 0 Å². The fourth-order valence-electron chi connectivity index (χ4n) is 2.71. The number of piperidine rings is 1. The van der Waals surface area contributed by atoms with Crippen LogP contribution in [0, 0.1) is 17.8 Å². The van der Waals surface area contributed by atoms with Crippen molar-refractivity contribution in [2.24, 2.45) is 17.8 Å². The van der Waals surface area contributed by atoms with Crippen molar-refractivity contribution in [2.45, 2.75) is 32.6 Å². The molecule has 0 bridgehead atoms. The number of hydrogen-bond donors (Lipinski definition) is 1. The normalized spacial score (nSPS) is 41.8. The van der Waals surface area contributed by atoms with Crippen LogP contribution in [0.15, 0.2) is 0 Å². The highest BCUT2D eigenvalue weighted by atomic mass is 16.1. The van der Waals surface area contributed by atoms with Gasteiger partial charge in [-0.05, 0) is 24.7 Å². The molecule has 0 spiro atoms. The Balaban J connectivity index is 2.11. The molecule has 1 N–H and O–H groups in total. The molecule has 1 saturated heterocycles. The summed E-state index contributed by atoms with van der Waals surface area (Å²) >= 11 is 0. The molecule has 12 heavy (non-hydrogen) atoms. The van der Waals surface area contributed by atoms with Crippen molar-refractivity contribution >= 4 is 5.91 Å². The Kier molecular flexibility index (Phi) is 2.07. The summed E-state index contributed by atoms with van der Waals surface area (Å²) in [6, 6.07) is 0. The summed E-state index contributed by atoms with van der Waals surface area (Å²) < 4.78 is 0. The molecule has 0 aromatic heterocycles. The summed E-state index contributed by atoms with van der Waals surface area (Å²) in [7, 11) is 0. The topological polar surface area (TPSA) is 29.1 Å². The molecule has 0 aromatic carbocycles. The van der Waals surface area contributed by atoms with Crippen LogP contribution >= 0.6 is 0 Å². The summed E-state index contributed by atoms with van der Waals surface area (Å²) in [5, 5.41) is 2.99. The first-order valence-electron chi connectivity index (χ1n) is 5.07. The average molecular weight is 167 g/mol. The van der Waals surface area contributed by atoms with E-state index in [9.17, 15) is 4.79 Å². The Morgan fingerprint density at radius 1 is 1.33 bits per heavy atom. The number of nitrogens with one attached hydrogen (secondary N) is 1. The minimum absolute atomic E-state index is 0.317. The minimum atomic E-state index is 0.317. The summed E-state index contributed by atoms with van der Waals surface area (Å²) in [5.41, 5.74) is 0. The maximum atomic E-state index is 11.5. The van der Waals surface area contributed by atoms with Gasteiger partial charge in [-0.15, -0.1) is 0 Å².